The van der Waals surface area contributed by atoms with Crippen molar-refractivity contribution >= 4 is 5.91 Å². The molecule has 0 aromatic heterocycles. The van der Waals surface area contributed by atoms with Crippen LogP contribution in [0.15, 0.2) is 122 Å². The number of amides is 1. The molecule has 0 aromatic rings. The highest BCUT2D eigenvalue weighted by molar-refractivity contribution is 5.76. The van der Waals surface area contributed by atoms with Crippen molar-refractivity contribution in [2.24, 2.45) is 0 Å². The van der Waals surface area contributed by atoms with Crippen LogP contribution in [0.5, 0.6) is 0 Å². The first kappa shape index (κ1) is 59.8. The van der Waals surface area contributed by atoms with Crippen LogP contribution in [0, 0.1) is 0 Å². The molecule has 358 valence electrons. The number of hydrogen-bond donors (Lipinski definition) is 3. The van der Waals surface area contributed by atoms with Crippen molar-refractivity contribution < 1.29 is 15.0 Å². The first-order valence-corrected chi connectivity index (χ1v) is 26.2. The summed E-state index contributed by atoms with van der Waals surface area (Å²) >= 11 is 0. The maximum Gasteiger partial charge on any atom is 0.220 e. The third-order valence-electron chi connectivity index (χ3n) is 11.2. The molecule has 0 spiro atoms. The van der Waals surface area contributed by atoms with Crippen molar-refractivity contribution in [3.63, 3.8) is 0 Å². The molecule has 2 unspecified atom stereocenters. The van der Waals surface area contributed by atoms with Crippen molar-refractivity contribution in [2.75, 3.05) is 6.61 Å². The molecule has 0 heterocycles. The quantitative estimate of drug-likeness (QED) is 0.0422. The molecule has 0 saturated heterocycles. The maximum atomic E-state index is 12.4. The molecule has 2 atom stereocenters. The molecule has 0 saturated carbocycles. The molecular formula is C59H99NO3. The van der Waals surface area contributed by atoms with Gasteiger partial charge in [-0.3, -0.25) is 4.79 Å². The first-order chi connectivity index (χ1) is 31.2. The Hall–Kier alpha value is -3.21. The van der Waals surface area contributed by atoms with Crippen LogP contribution in [-0.2, 0) is 4.79 Å². The summed E-state index contributed by atoms with van der Waals surface area (Å²) in [6.45, 7) is 4.12. The number of hydrogen-bond acceptors (Lipinski definition) is 3. The van der Waals surface area contributed by atoms with Gasteiger partial charge in [0.1, 0.15) is 0 Å². The lowest BCUT2D eigenvalue weighted by Gasteiger charge is -2.19. The largest absolute Gasteiger partial charge is 0.394 e. The van der Waals surface area contributed by atoms with Gasteiger partial charge in [-0.25, -0.2) is 0 Å². The third kappa shape index (κ3) is 49.7. The van der Waals surface area contributed by atoms with E-state index in [0.29, 0.717) is 6.42 Å². The fourth-order valence-corrected chi connectivity index (χ4v) is 7.18. The first-order valence-electron chi connectivity index (χ1n) is 26.2. The summed E-state index contributed by atoms with van der Waals surface area (Å²) in [7, 11) is 0. The van der Waals surface area contributed by atoms with Gasteiger partial charge in [-0.15, -0.1) is 0 Å². The summed E-state index contributed by atoms with van der Waals surface area (Å²) in [6.07, 6.45) is 82.1. The van der Waals surface area contributed by atoms with Crippen molar-refractivity contribution in [3.8, 4) is 0 Å². The Kier molecular flexibility index (Phi) is 50.4. The molecule has 4 nitrogen and oxygen atoms in total. The average Bonchev–Trinajstić information content (AvgIpc) is 3.29. The molecule has 1 amide bonds. The van der Waals surface area contributed by atoms with Crippen molar-refractivity contribution in [1.82, 2.24) is 5.32 Å². The van der Waals surface area contributed by atoms with E-state index in [0.717, 1.165) is 83.5 Å². The second-order valence-electron chi connectivity index (χ2n) is 17.2. The zero-order valence-corrected chi connectivity index (χ0v) is 41.0. The Morgan fingerprint density at radius 2 is 0.714 bits per heavy atom. The number of carbonyl (C=O) groups is 1. The Bertz CT molecular complexity index is 1260. The fourth-order valence-electron chi connectivity index (χ4n) is 7.18. The molecule has 0 radical (unpaired) electrons. The highest BCUT2D eigenvalue weighted by Crippen LogP contribution is 2.15. The molecule has 0 rings (SSSR count). The van der Waals surface area contributed by atoms with Crippen LogP contribution in [0.1, 0.15) is 226 Å². The standard InChI is InChI=1S/C59H99NO3/c1-3-5-7-9-11-13-15-17-18-19-20-21-22-23-24-25-26-27-28-29-30-31-32-33-34-35-36-37-38-39-40-41-42-43-45-47-49-51-53-55-59(63)60-57(56-61)58(62)54-52-50-48-46-44-16-14-12-10-8-6-4-2/h5,7,10-13,17-18,20-21,23-24,26-27,29-30,44,46,52,54,57-58,61-62H,3-4,6,8-9,14-16,19,22,25,28,31-43,45,47-51,53,55-56H2,1-2H3,(H,60,63)/b7-5-,12-10+,13-11-,18-17-,21-20-,24-23-,27-26-,30-29-,46-44+,54-52+. The summed E-state index contributed by atoms with van der Waals surface area (Å²) in [5, 5.41) is 23.0. The van der Waals surface area contributed by atoms with Gasteiger partial charge in [0, 0.05) is 6.42 Å². The Balaban J connectivity index is 3.52. The van der Waals surface area contributed by atoms with E-state index in [1.54, 1.807) is 6.08 Å². The van der Waals surface area contributed by atoms with Crippen LogP contribution in [-0.4, -0.2) is 34.9 Å². The van der Waals surface area contributed by atoms with Crippen LogP contribution >= 0.6 is 0 Å². The van der Waals surface area contributed by atoms with E-state index in [1.165, 1.54) is 122 Å². The SMILES string of the molecule is CC/C=C\C/C=C\C/C=C\C/C=C\C/C=C\C/C=C\C/C=C\CCCCCCCCCCCCCCCCCCCC(=O)NC(CO)C(O)/C=C/CC/C=C/CC/C=C/CCCC. The number of aliphatic hydroxyl groups excluding tert-OH is 2. The number of allylic oxidation sites excluding steroid dienone is 19. The minimum absolute atomic E-state index is 0.0828. The topological polar surface area (TPSA) is 69.6 Å². The number of carbonyl (C=O) groups excluding carboxylic acids is 1. The maximum absolute atomic E-state index is 12.4. The predicted octanol–water partition coefficient (Wildman–Crippen LogP) is 17.3. The lowest BCUT2D eigenvalue weighted by Crippen LogP contribution is -2.45. The van der Waals surface area contributed by atoms with E-state index in [9.17, 15) is 15.0 Å². The van der Waals surface area contributed by atoms with Gasteiger partial charge in [0.05, 0.1) is 18.8 Å². The van der Waals surface area contributed by atoms with Crippen molar-refractivity contribution in [3.05, 3.63) is 122 Å². The molecule has 3 N–H and O–H groups in total. The highest BCUT2D eigenvalue weighted by atomic mass is 16.3. The molecule has 0 aliphatic carbocycles. The lowest BCUT2D eigenvalue weighted by molar-refractivity contribution is -0.123. The lowest BCUT2D eigenvalue weighted by atomic mass is 10.0. The highest BCUT2D eigenvalue weighted by Gasteiger charge is 2.17. The van der Waals surface area contributed by atoms with Gasteiger partial charge < -0.3 is 15.5 Å². The minimum atomic E-state index is -0.874. The van der Waals surface area contributed by atoms with Crippen LogP contribution in [0.2, 0.25) is 0 Å². The van der Waals surface area contributed by atoms with Gasteiger partial charge in [0.2, 0.25) is 5.91 Å². The van der Waals surface area contributed by atoms with Gasteiger partial charge >= 0.3 is 0 Å². The zero-order chi connectivity index (χ0) is 45.6. The van der Waals surface area contributed by atoms with Crippen LogP contribution in [0.3, 0.4) is 0 Å². The zero-order valence-electron chi connectivity index (χ0n) is 41.0. The van der Waals surface area contributed by atoms with Gasteiger partial charge in [-0.2, -0.15) is 0 Å². The molecule has 0 aromatic carbocycles. The molecule has 0 aliphatic heterocycles. The van der Waals surface area contributed by atoms with E-state index < -0.39 is 12.1 Å². The molecular weight excluding hydrogens is 771 g/mol. The molecule has 0 aliphatic rings. The third-order valence-corrected chi connectivity index (χ3v) is 11.2. The smallest absolute Gasteiger partial charge is 0.220 e. The summed E-state index contributed by atoms with van der Waals surface area (Å²) in [6, 6.07) is -0.650. The Morgan fingerprint density at radius 1 is 0.397 bits per heavy atom. The van der Waals surface area contributed by atoms with Crippen LogP contribution in [0.4, 0.5) is 0 Å². The summed E-state index contributed by atoms with van der Waals surface area (Å²) in [5.41, 5.74) is 0. The Labute approximate surface area is 390 Å². The summed E-state index contributed by atoms with van der Waals surface area (Å²) in [5.74, 6) is -0.0828. The second kappa shape index (κ2) is 53.1. The van der Waals surface area contributed by atoms with E-state index in [1.807, 2.05) is 6.08 Å². The van der Waals surface area contributed by atoms with E-state index in [4.69, 9.17) is 0 Å². The Morgan fingerprint density at radius 3 is 1.11 bits per heavy atom. The number of nitrogens with one attached hydrogen (secondary N) is 1. The minimum Gasteiger partial charge on any atom is -0.394 e. The number of rotatable bonds is 46. The van der Waals surface area contributed by atoms with Crippen LogP contribution in [0.25, 0.3) is 0 Å². The molecule has 63 heavy (non-hydrogen) atoms. The fraction of sp³-hybridized carbons (Fsp3) is 0.644. The van der Waals surface area contributed by atoms with Gasteiger partial charge in [0.25, 0.3) is 0 Å². The van der Waals surface area contributed by atoms with E-state index >= 15 is 0 Å². The molecule has 0 fully saturated rings. The summed E-state index contributed by atoms with van der Waals surface area (Å²) < 4.78 is 0. The van der Waals surface area contributed by atoms with Crippen molar-refractivity contribution in [2.45, 2.75) is 238 Å². The van der Waals surface area contributed by atoms with Gasteiger partial charge in [-0.1, -0.05) is 245 Å². The van der Waals surface area contributed by atoms with Gasteiger partial charge in [0.15, 0.2) is 0 Å². The van der Waals surface area contributed by atoms with E-state index in [-0.39, 0.29) is 12.5 Å². The predicted molar refractivity (Wildman–Crippen MR) is 280 cm³/mol. The number of aliphatic hydroxyl groups is 2. The van der Waals surface area contributed by atoms with Crippen LogP contribution < -0.4 is 5.32 Å². The van der Waals surface area contributed by atoms with Crippen molar-refractivity contribution in [1.29, 1.82) is 0 Å². The normalized spacial score (nSPS) is 13.9. The molecule has 0 bridgehead atoms. The van der Waals surface area contributed by atoms with E-state index in [2.05, 4.69) is 129 Å². The monoisotopic (exact) mass is 870 g/mol. The summed E-state index contributed by atoms with van der Waals surface area (Å²) in [4.78, 5) is 12.4. The number of unbranched alkanes of at least 4 members (excludes halogenated alkanes) is 21. The second-order valence-corrected chi connectivity index (χ2v) is 17.2. The molecule has 4 heteroatoms. The average molecular weight is 870 g/mol. The van der Waals surface area contributed by atoms with Gasteiger partial charge in [-0.05, 0) is 96.3 Å².